The number of ether oxygens (including phenoxy) is 4. The molecule has 2 aromatic rings. The molecule has 2 aromatic carbocycles. The molecule has 0 saturated heterocycles. The molecule has 0 amide bonds. The molecule has 0 aromatic heterocycles. The number of benzene rings is 2. The van der Waals surface area contributed by atoms with Crippen molar-refractivity contribution in [3.05, 3.63) is 81.9 Å². The fraction of sp³-hybridized carbons (Fsp3) is 0.231. The van der Waals surface area contributed by atoms with Crippen LogP contribution in [-0.2, 0) is 18.9 Å². The Morgan fingerprint density at radius 3 is 1.24 bits per heavy atom. The van der Waals surface area contributed by atoms with Crippen LogP contribution in [0.5, 0.6) is 0 Å². The van der Waals surface area contributed by atoms with E-state index in [1.807, 2.05) is 0 Å². The Bertz CT molecular complexity index is 1180. The van der Waals surface area contributed by atoms with E-state index in [4.69, 9.17) is 18.9 Å². The first-order valence-corrected chi connectivity index (χ1v) is 10.7. The summed E-state index contributed by atoms with van der Waals surface area (Å²) in [5, 5.41) is 0. The summed E-state index contributed by atoms with van der Waals surface area (Å²) >= 11 is 0. The number of fused-ring (bicyclic) bond motifs is 3. The van der Waals surface area contributed by atoms with E-state index in [0.29, 0.717) is 0 Å². The second-order valence-electron chi connectivity index (χ2n) is 8.20. The Hall–Kier alpha value is -4.20. The number of hydrogen-bond acceptors (Lipinski definition) is 8. The van der Waals surface area contributed by atoms with E-state index < -0.39 is 36.1 Å². The summed E-state index contributed by atoms with van der Waals surface area (Å²) in [6, 6.07) is 12.8. The van der Waals surface area contributed by atoms with E-state index in [0.717, 1.165) is 0 Å². The Balaban J connectivity index is 1.99. The SMILES string of the molecule is CC(C)OC(=O)OC1=C2C(=O)c3ccccc3C(OC(=O)OC(C)C)=C2C(=O)c2ccccc21. The van der Waals surface area contributed by atoms with Crippen molar-refractivity contribution < 1.29 is 38.1 Å². The van der Waals surface area contributed by atoms with Gasteiger partial charge in [0.15, 0.2) is 23.1 Å². The zero-order valence-corrected chi connectivity index (χ0v) is 19.0. The summed E-state index contributed by atoms with van der Waals surface area (Å²) in [6.07, 6.45) is -3.01. The first-order chi connectivity index (χ1) is 16.2. The van der Waals surface area contributed by atoms with Gasteiger partial charge >= 0.3 is 12.3 Å². The fourth-order valence-electron chi connectivity index (χ4n) is 3.77. The fourth-order valence-corrected chi connectivity index (χ4v) is 3.77. The third-order valence-corrected chi connectivity index (χ3v) is 5.03. The Labute approximate surface area is 195 Å². The molecule has 0 bridgehead atoms. The molecule has 8 heteroatoms. The van der Waals surface area contributed by atoms with Gasteiger partial charge in [0.25, 0.3) is 0 Å². The van der Waals surface area contributed by atoms with Crippen LogP contribution in [0.2, 0.25) is 0 Å². The second kappa shape index (κ2) is 8.97. The number of carbonyl (C=O) groups excluding carboxylic acids is 4. The molecular formula is C26H22O8. The predicted molar refractivity (Wildman–Crippen MR) is 121 cm³/mol. The van der Waals surface area contributed by atoms with Gasteiger partial charge in [0.05, 0.1) is 23.4 Å². The van der Waals surface area contributed by atoms with Crippen LogP contribution >= 0.6 is 0 Å². The van der Waals surface area contributed by atoms with Crippen molar-refractivity contribution in [3.8, 4) is 0 Å². The van der Waals surface area contributed by atoms with Crippen molar-refractivity contribution in [1.82, 2.24) is 0 Å². The Morgan fingerprint density at radius 1 is 0.588 bits per heavy atom. The normalized spacial score (nSPS) is 14.5. The quantitative estimate of drug-likeness (QED) is 0.562. The van der Waals surface area contributed by atoms with Crippen LogP contribution in [0.4, 0.5) is 9.59 Å². The third kappa shape index (κ3) is 4.10. The van der Waals surface area contributed by atoms with Crippen LogP contribution in [0.3, 0.4) is 0 Å². The first-order valence-electron chi connectivity index (χ1n) is 10.7. The topological polar surface area (TPSA) is 105 Å². The van der Waals surface area contributed by atoms with Gasteiger partial charge in [-0.05, 0) is 27.7 Å². The van der Waals surface area contributed by atoms with Crippen molar-refractivity contribution in [2.24, 2.45) is 0 Å². The highest BCUT2D eigenvalue weighted by Gasteiger charge is 2.43. The van der Waals surface area contributed by atoms with Gasteiger partial charge in [0.2, 0.25) is 0 Å². The zero-order chi connectivity index (χ0) is 24.6. The minimum absolute atomic E-state index is 0.145. The van der Waals surface area contributed by atoms with Gasteiger partial charge in [-0.15, -0.1) is 0 Å². The highest BCUT2D eigenvalue weighted by molar-refractivity contribution is 6.34. The maximum Gasteiger partial charge on any atom is 0.514 e. The molecule has 2 aliphatic carbocycles. The van der Waals surface area contributed by atoms with Crippen LogP contribution in [0.25, 0.3) is 11.5 Å². The molecule has 0 spiro atoms. The second-order valence-corrected chi connectivity index (χ2v) is 8.20. The van der Waals surface area contributed by atoms with E-state index in [9.17, 15) is 19.2 Å². The van der Waals surface area contributed by atoms with E-state index in [1.54, 1.807) is 64.1 Å². The molecule has 34 heavy (non-hydrogen) atoms. The van der Waals surface area contributed by atoms with Crippen LogP contribution in [0.1, 0.15) is 59.5 Å². The molecule has 2 aliphatic rings. The molecule has 0 N–H and O–H groups in total. The van der Waals surface area contributed by atoms with E-state index in [2.05, 4.69) is 0 Å². The number of allylic oxidation sites excluding steroid dienone is 2. The first kappa shape index (κ1) is 23.0. The molecule has 4 rings (SSSR count). The standard InChI is InChI=1S/C26H22O8/c1-13(2)31-25(29)33-23-17-11-7-5-9-15(17)22(28)20-19(23)21(27)16-10-6-8-12-18(16)24(20)34-26(30)32-14(3)4/h5-14H,1-4H3. The van der Waals surface area contributed by atoms with Crippen molar-refractivity contribution in [2.75, 3.05) is 0 Å². The number of Topliss-reactive ketones (excluding diaryl/α,β-unsaturated/α-hetero) is 2. The molecular weight excluding hydrogens is 440 g/mol. The Kier molecular flexibility index (Phi) is 6.06. The molecule has 8 nitrogen and oxygen atoms in total. The lowest BCUT2D eigenvalue weighted by Gasteiger charge is -2.29. The number of rotatable bonds is 4. The van der Waals surface area contributed by atoms with Crippen molar-refractivity contribution in [1.29, 1.82) is 0 Å². The van der Waals surface area contributed by atoms with Crippen LogP contribution in [0, 0.1) is 0 Å². The maximum atomic E-state index is 13.6. The molecule has 0 radical (unpaired) electrons. The molecule has 0 heterocycles. The van der Waals surface area contributed by atoms with Crippen LogP contribution in [-0.4, -0.2) is 36.1 Å². The van der Waals surface area contributed by atoms with Crippen LogP contribution < -0.4 is 0 Å². The molecule has 174 valence electrons. The summed E-state index contributed by atoms with van der Waals surface area (Å²) in [6.45, 7) is 6.60. The highest BCUT2D eigenvalue weighted by atomic mass is 16.7. The Morgan fingerprint density at radius 2 is 0.912 bits per heavy atom. The van der Waals surface area contributed by atoms with Gasteiger partial charge in [0, 0.05) is 22.3 Å². The lowest BCUT2D eigenvalue weighted by Crippen LogP contribution is -2.29. The van der Waals surface area contributed by atoms with Gasteiger partial charge in [0.1, 0.15) is 0 Å². The average molecular weight is 462 g/mol. The van der Waals surface area contributed by atoms with Gasteiger partial charge in [-0.1, -0.05) is 48.5 Å². The largest absolute Gasteiger partial charge is 0.514 e. The van der Waals surface area contributed by atoms with Gasteiger partial charge in [-0.25, -0.2) is 9.59 Å². The molecule has 0 saturated carbocycles. The molecule has 0 aliphatic heterocycles. The smallest absolute Gasteiger partial charge is 0.431 e. The minimum Gasteiger partial charge on any atom is -0.431 e. The van der Waals surface area contributed by atoms with E-state index >= 15 is 0 Å². The monoisotopic (exact) mass is 462 g/mol. The summed E-state index contributed by atoms with van der Waals surface area (Å²) in [5.74, 6) is -1.39. The van der Waals surface area contributed by atoms with E-state index in [-0.39, 0.29) is 44.9 Å². The van der Waals surface area contributed by atoms with Gasteiger partial charge in [-0.3, -0.25) is 9.59 Å². The van der Waals surface area contributed by atoms with Gasteiger partial charge < -0.3 is 18.9 Å². The molecule has 0 fully saturated rings. The maximum absolute atomic E-state index is 13.6. The van der Waals surface area contributed by atoms with Crippen molar-refractivity contribution in [2.45, 2.75) is 39.9 Å². The highest BCUT2D eigenvalue weighted by Crippen LogP contribution is 2.45. The number of hydrogen-bond donors (Lipinski definition) is 0. The molecule has 0 atom stereocenters. The summed E-state index contributed by atoms with van der Waals surface area (Å²) in [7, 11) is 0. The van der Waals surface area contributed by atoms with Crippen molar-refractivity contribution in [3.63, 3.8) is 0 Å². The summed E-state index contributed by atoms with van der Waals surface area (Å²) < 4.78 is 21.2. The number of ketones is 2. The predicted octanol–water partition coefficient (Wildman–Crippen LogP) is 5.32. The third-order valence-electron chi connectivity index (χ3n) is 5.03. The summed E-state index contributed by atoms with van der Waals surface area (Å²) in [5.41, 5.74) is 0.497. The van der Waals surface area contributed by atoms with E-state index in [1.165, 1.54) is 12.1 Å². The molecule has 0 unspecified atom stereocenters. The lowest BCUT2D eigenvalue weighted by molar-refractivity contribution is 0.0622. The number of carbonyl (C=O) groups is 4. The van der Waals surface area contributed by atoms with Crippen molar-refractivity contribution >= 4 is 35.4 Å². The average Bonchev–Trinajstić information content (AvgIpc) is 2.77. The lowest BCUT2D eigenvalue weighted by atomic mass is 9.76. The zero-order valence-electron chi connectivity index (χ0n) is 19.0. The van der Waals surface area contributed by atoms with Gasteiger partial charge in [-0.2, -0.15) is 0 Å². The minimum atomic E-state index is -1.03. The summed E-state index contributed by atoms with van der Waals surface area (Å²) in [4.78, 5) is 52.0. The van der Waals surface area contributed by atoms with Crippen LogP contribution in [0.15, 0.2) is 59.7 Å².